The highest BCUT2D eigenvalue weighted by Gasteiger charge is 2.43. The van der Waals surface area contributed by atoms with Crippen molar-refractivity contribution in [2.75, 3.05) is 19.6 Å². The number of hydrogen-bond acceptors (Lipinski definition) is 4. The molecule has 6 nitrogen and oxygen atoms in total. The van der Waals surface area contributed by atoms with Crippen LogP contribution >= 0.6 is 0 Å². The van der Waals surface area contributed by atoms with E-state index in [2.05, 4.69) is 53.6 Å². The van der Waals surface area contributed by atoms with Crippen LogP contribution in [-0.4, -0.2) is 45.8 Å². The van der Waals surface area contributed by atoms with Crippen LogP contribution in [-0.2, 0) is 18.4 Å². The lowest BCUT2D eigenvalue weighted by atomic mass is 9.76. The number of piperidine rings is 1. The molecule has 0 aliphatic carbocycles. The van der Waals surface area contributed by atoms with Gasteiger partial charge in [0.2, 0.25) is 5.91 Å². The van der Waals surface area contributed by atoms with Crippen LogP contribution in [0.25, 0.3) is 0 Å². The van der Waals surface area contributed by atoms with Gasteiger partial charge in [0, 0.05) is 57.3 Å². The Balaban J connectivity index is 1.42. The fourth-order valence-corrected chi connectivity index (χ4v) is 4.78. The first-order valence-corrected chi connectivity index (χ1v) is 11.2. The molecule has 1 aromatic carbocycles. The van der Waals surface area contributed by atoms with Crippen LogP contribution in [0.15, 0.2) is 36.7 Å². The number of carbonyl (C=O) groups excluding carboxylic acids is 1. The van der Waals surface area contributed by atoms with Crippen molar-refractivity contribution in [1.29, 1.82) is 0 Å². The summed E-state index contributed by atoms with van der Waals surface area (Å²) >= 11 is 0. The van der Waals surface area contributed by atoms with Gasteiger partial charge in [-0.15, -0.1) is 0 Å². The Labute approximate surface area is 179 Å². The molecule has 2 aliphatic rings. The number of aryl methyl sites for hydroxylation is 1. The molecule has 1 spiro atoms. The minimum atomic E-state index is -0.164. The van der Waals surface area contributed by atoms with Crippen LogP contribution in [0.2, 0.25) is 0 Å². The zero-order valence-electron chi connectivity index (χ0n) is 18.4. The molecule has 0 saturated carbocycles. The van der Waals surface area contributed by atoms with Gasteiger partial charge in [-0.25, -0.2) is 0 Å². The van der Waals surface area contributed by atoms with Gasteiger partial charge in [0.25, 0.3) is 0 Å². The Hall–Kier alpha value is -2.34. The van der Waals surface area contributed by atoms with Crippen molar-refractivity contribution in [1.82, 2.24) is 20.0 Å². The number of fused-ring (bicyclic) bond motifs is 1. The van der Waals surface area contributed by atoms with Crippen LogP contribution in [0.5, 0.6) is 5.75 Å². The fourth-order valence-electron chi connectivity index (χ4n) is 4.78. The van der Waals surface area contributed by atoms with E-state index in [1.54, 1.807) is 0 Å². The largest absolute Gasteiger partial charge is 0.487 e. The summed E-state index contributed by atoms with van der Waals surface area (Å²) in [4.78, 5) is 15.1. The molecule has 6 heteroatoms. The summed E-state index contributed by atoms with van der Waals surface area (Å²) in [5.74, 6) is 1.79. The number of carbonyl (C=O) groups is 1. The lowest BCUT2D eigenvalue weighted by Gasteiger charge is -2.47. The number of amides is 1. The summed E-state index contributed by atoms with van der Waals surface area (Å²) in [6, 6.07) is 8.28. The summed E-state index contributed by atoms with van der Waals surface area (Å²) in [6.45, 7) is 7.92. The number of rotatable bonds is 6. The molecule has 2 aromatic rings. The molecule has 162 valence electrons. The monoisotopic (exact) mass is 410 g/mol. The molecule has 4 rings (SSSR count). The summed E-state index contributed by atoms with van der Waals surface area (Å²) in [5, 5.41) is 7.37. The molecule has 1 fully saturated rings. The number of aromatic nitrogens is 2. The normalized spacial score (nSPS) is 20.7. The predicted octanol–water partition coefficient (Wildman–Crippen LogP) is 3.48. The van der Waals surface area contributed by atoms with Gasteiger partial charge in [-0.3, -0.25) is 14.4 Å². The number of para-hydroxylation sites is 1. The molecular weight excluding hydrogens is 376 g/mol. The van der Waals surface area contributed by atoms with Crippen molar-refractivity contribution >= 4 is 5.91 Å². The van der Waals surface area contributed by atoms with E-state index in [0.717, 1.165) is 51.2 Å². The molecule has 0 bridgehead atoms. The Morgan fingerprint density at radius 1 is 1.30 bits per heavy atom. The maximum Gasteiger partial charge on any atom is 0.220 e. The molecule has 1 saturated heterocycles. The second-order valence-corrected chi connectivity index (χ2v) is 9.42. The Morgan fingerprint density at radius 3 is 2.77 bits per heavy atom. The number of likely N-dealkylation sites (tertiary alicyclic amines) is 1. The second kappa shape index (κ2) is 8.80. The van der Waals surface area contributed by atoms with E-state index in [9.17, 15) is 4.79 Å². The molecule has 0 radical (unpaired) electrons. The standard InChI is InChI=1S/C24H34N4O2/c1-18(2)14-25-23(29)12-20-13-24(30-22-7-5-4-6-21(20)22)8-10-28(11-9-24)17-19-15-26-27(3)16-19/h4-7,15-16,18,20H,8-14,17H2,1-3H3,(H,25,29)/t20-/m0/s1. The van der Waals surface area contributed by atoms with Crippen molar-refractivity contribution in [3.8, 4) is 5.75 Å². The average Bonchev–Trinajstić information content (AvgIpc) is 3.13. The van der Waals surface area contributed by atoms with Gasteiger partial charge in [-0.1, -0.05) is 32.0 Å². The molecule has 3 heterocycles. The smallest absolute Gasteiger partial charge is 0.220 e. The van der Waals surface area contributed by atoms with Crippen molar-refractivity contribution in [2.45, 2.75) is 57.6 Å². The predicted molar refractivity (Wildman–Crippen MR) is 117 cm³/mol. The average molecular weight is 411 g/mol. The van der Waals surface area contributed by atoms with Gasteiger partial charge in [-0.05, 0) is 36.8 Å². The van der Waals surface area contributed by atoms with Crippen molar-refractivity contribution < 1.29 is 9.53 Å². The van der Waals surface area contributed by atoms with Gasteiger partial charge in [0.1, 0.15) is 11.4 Å². The summed E-state index contributed by atoms with van der Waals surface area (Å²) < 4.78 is 8.46. The van der Waals surface area contributed by atoms with E-state index in [0.29, 0.717) is 12.3 Å². The minimum Gasteiger partial charge on any atom is -0.487 e. The maximum atomic E-state index is 12.6. The van der Waals surface area contributed by atoms with E-state index in [1.807, 2.05) is 24.0 Å². The third-order valence-electron chi connectivity index (χ3n) is 6.37. The van der Waals surface area contributed by atoms with Crippen molar-refractivity contribution in [2.24, 2.45) is 13.0 Å². The minimum absolute atomic E-state index is 0.148. The highest BCUT2D eigenvalue weighted by molar-refractivity contribution is 5.77. The van der Waals surface area contributed by atoms with Crippen LogP contribution in [0, 0.1) is 5.92 Å². The van der Waals surface area contributed by atoms with E-state index in [1.165, 1.54) is 11.1 Å². The highest BCUT2D eigenvalue weighted by Crippen LogP contribution is 2.46. The van der Waals surface area contributed by atoms with Crippen LogP contribution in [0.4, 0.5) is 0 Å². The zero-order valence-corrected chi connectivity index (χ0v) is 18.4. The SMILES string of the molecule is CC(C)CNC(=O)C[C@H]1CC2(CCN(Cc3cnn(C)c3)CC2)Oc2ccccc21. The van der Waals surface area contributed by atoms with Crippen LogP contribution in [0.1, 0.15) is 56.6 Å². The number of ether oxygens (including phenoxy) is 1. The van der Waals surface area contributed by atoms with Gasteiger partial charge in [0.15, 0.2) is 0 Å². The van der Waals surface area contributed by atoms with E-state index < -0.39 is 0 Å². The molecule has 1 N–H and O–H groups in total. The van der Waals surface area contributed by atoms with Crippen molar-refractivity contribution in [3.63, 3.8) is 0 Å². The van der Waals surface area contributed by atoms with E-state index in [-0.39, 0.29) is 17.4 Å². The summed E-state index contributed by atoms with van der Waals surface area (Å²) in [5.41, 5.74) is 2.27. The maximum absolute atomic E-state index is 12.6. The first-order valence-electron chi connectivity index (χ1n) is 11.2. The summed E-state index contributed by atoms with van der Waals surface area (Å²) in [6.07, 6.45) is 7.47. The first kappa shape index (κ1) is 20.9. The molecule has 1 atom stereocenters. The van der Waals surface area contributed by atoms with Crippen LogP contribution < -0.4 is 10.1 Å². The van der Waals surface area contributed by atoms with E-state index in [4.69, 9.17) is 4.74 Å². The lowest BCUT2D eigenvalue weighted by Crippen LogP contribution is -2.50. The Kier molecular flexibility index (Phi) is 6.14. The topological polar surface area (TPSA) is 59.4 Å². The van der Waals surface area contributed by atoms with Crippen LogP contribution in [0.3, 0.4) is 0 Å². The third-order valence-corrected chi connectivity index (χ3v) is 6.37. The quantitative estimate of drug-likeness (QED) is 0.792. The number of benzene rings is 1. The Morgan fingerprint density at radius 2 is 2.07 bits per heavy atom. The first-order chi connectivity index (χ1) is 14.4. The van der Waals surface area contributed by atoms with E-state index >= 15 is 0 Å². The van der Waals surface area contributed by atoms with Gasteiger partial charge < -0.3 is 10.1 Å². The number of nitrogens with one attached hydrogen (secondary N) is 1. The second-order valence-electron chi connectivity index (χ2n) is 9.42. The highest BCUT2D eigenvalue weighted by atomic mass is 16.5. The lowest BCUT2D eigenvalue weighted by molar-refractivity contribution is -0.122. The van der Waals surface area contributed by atoms with Gasteiger partial charge >= 0.3 is 0 Å². The molecular formula is C24H34N4O2. The summed E-state index contributed by atoms with van der Waals surface area (Å²) in [7, 11) is 1.96. The molecule has 30 heavy (non-hydrogen) atoms. The molecule has 1 amide bonds. The Bertz CT molecular complexity index is 868. The molecule has 0 unspecified atom stereocenters. The van der Waals surface area contributed by atoms with Gasteiger partial charge in [-0.2, -0.15) is 5.10 Å². The molecule has 2 aliphatic heterocycles. The fraction of sp³-hybridized carbons (Fsp3) is 0.583. The zero-order chi connectivity index (χ0) is 21.1. The third kappa shape index (κ3) is 4.86. The van der Waals surface area contributed by atoms with Crippen molar-refractivity contribution in [3.05, 3.63) is 47.8 Å². The number of nitrogens with zero attached hydrogens (tertiary/aromatic N) is 3. The van der Waals surface area contributed by atoms with Gasteiger partial charge in [0.05, 0.1) is 6.20 Å². The number of hydrogen-bond donors (Lipinski definition) is 1. The molecule has 1 aromatic heterocycles.